The third-order valence-electron chi connectivity index (χ3n) is 7.43. The number of nitrogens with two attached hydrogens (primary N) is 1. The number of nitrogens with zero attached hydrogens (tertiary/aromatic N) is 2. The maximum atomic E-state index is 13.6. The molecule has 6 heteroatoms. The van der Waals surface area contributed by atoms with Crippen LogP contribution in [0.3, 0.4) is 0 Å². The van der Waals surface area contributed by atoms with Crippen LogP contribution in [0.2, 0.25) is 0 Å². The molecule has 1 heterocycles. The number of anilines is 1. The fourth-order valence-corrected chi connectivity index (χ4v) is 6.83. The molecule has 5 rings (SSSR count). The van der Waals surface area contributed by atoms with Crippen LogP contribution in [-0.4, -0.2) is 5.78 Å². The van der Waals surface area contributed by atoms with E-state index in [0.717, 1.165) is 45.6 Å². The normalized spacial score (nSPS) is 17.5. The summed E-state index contributed by atoms with van der Waals surface area (Å²) in [5.74, 6) is 0.849. The van der Waals surface area contributed by atoms with Crippen LogP contribution < -0.4 is 10.6 Å². The number of Topliss-reactive ketones (excluding diaryl/α,β-unsaturated/α-hetero) is 1. The first-order valence-electron chi connectivity index (χ1n) is 12.8. The SMILES string of the molecule is Cc1ccc(SCc2cc(C3C(C#N)=C(N)N(c4cccc(Br)c4)C4=C3C(=O)CCC4)c(C)cc2C)cc1. The van der Waals surface area contributed by atoms with Crippen molar-refractivity contribution in [1.82, 2.24) is 0 Å². The molecule has 0 saturated carbocycles. The number of benzene rings is 3. The van der Waals surface area contributed by atoms with Gasteiger partial charge in [0.2, 0.25) is 0 Å². The number of rotatable bonds is 5. The minimum atomic E-state index is -0.463. The van der Waals surface area contributed by atoms with E-state index in [1.54, 1.807) is 11.8 Å². The maximum absolute atomic E-state index is 13.6. The average molecular weight is 585 g/mol. The van der Waals surface area contributed by atoms with Crippen LogP contribution in [-0.2, 0) is 10.5 Å². The van der Waals surface area contributed by atoms with Crippen molar-refractivity contribution in [2.24, 2.45) is 5.73 Å². The van der Waals surface area contributed by atoms with Gasteiger partial charge in [-0.15, -0.1) is 11.8 Å². The standard InChI is InChI=1S/C32H30BrN3OS/c1-19-10-12-25(13-11-19)38-18-22-15-26(21(3)14-20(22)2)30-27(17-34)32(35)36(24-7-4-6-23(33)16-24)28-8-5-9-29(37)31(28)30/h4,6-7,10-16,30H,5,8-9,18,35H2,1-3H3. The monoisotopic (exact) mass is 583 g/mol. The van der Waals surface area contributed by atoms with Crippen LogP contribution in [0.15, 0.2) is 92.7 Å². The lowest BCUT2D eigenvalue weighted by Gasteiger charge is -2.40. The third kappa shape index (κ3) is 4.93. The Hall–Kier alpha value is -3.27. The summed E-state index contributed by atoms with van der Waals surface area (Å²) in [6.45, 7) is 6.29. The van der Waals surface area contributed by atoms with Gasteiger partial charge in [0, 0.05) is 38.5 Å². The van der Waals surface area contributed by atoms with Crippen LogP contribution in [0.1, 0.15) is 53.0 Å². The summed E-state index contributed by atoms with van der Waals surface area (Å²) < 4.78 is 0.915. The van der Waals surface area contributed by atoms with Gasteiger partial charge >= 0.3 is 0 Å². The van der Waals surface area contributed by atoms with Crippen LogP contribution in [0.25, 0.3) is 0 Å². The first kappa shape index (κ1) is 26.3. The van der Waals surface area contributed by atoms with Crippen molar-refractivity contribution in [1.29, 1.82) is 5.26 Å². The molecule has 0 amide bonds. The van der Waals surface area contributed by atoms with E-state index in [9.17, 15) is 10.1 Å². The van der Waals surface area contributed by atoms with Gasteiger partial charge < -0.3 is 5.73 Å². The second-order valence-electron chi connectivity index (χ2n) is 10.0. The smallest absolute Gasteiger partial charge is 0.161 e. The molecule has 0 aromatic heterocycles. The van der Waals surface area contributed by atoms with E-state index in [-0.39, 0.29) is 5.78 Å². The van der Waals surface area contributed by atoms with Gasteiger partial charge in [0.1, 0.15) is 5.82 Å². The molecule has 192 valence electrons. The second kappa shape index (κ2) is 10.8. The largest absolute Gasteiger partial charge is 0.384 e. The van der Waals surface area contributed by atoms with Crippen LogP contribution in [0.5, 0.6) is 0 Å². The maximum Gasteiger partial charge on any atom is 0.161 e. The van der Waals surface area contributed by atoms with Gasteiger partial charge in [-0.05, 0) is 86.2 Å². The number of nitriles is 1. The number of thioether (sulfide) groups is 1. The first-order valence-corrected chi connectivity index (χ1v) is 14.6. The Morgan fingerprint density at radius 3 is 2.53 bits per heavy atom. The molecule has 0 spiro atoms. The number of hydrogen-bond donors (Lipinski definition) is 1. The molecular weight excluding hydrogens is 554 g/mol. The average Bonchev–Trinajstić information content (AvgIpc) is 2.89. The summed E-state index contributed by atoms with van der Waals surface area (Å²) in [5, 5.41) is 10.4. The number of allylic oxidation sites excluding steroid dienone is 3. The van der Waals surface area contributed by atoms with Crippen LogP contribution in [0, 0.1) is 32.1 Å². The summed E-state index contributed by atoms with van der Waals surface area (Å²) in [6.07, 6.45) is 2.00. The van der Waals surface area contributed by atoms with Gasteiger partial charge in [0.25, 0.3) is 0 Å². The molecule has 3 aromatic carbocycles. The summed E-state index contributed by atoms with van der Waals surface area (Å²) in [5.41, 5.74) is 15.4. The first-order chi connectivity index (χ1) is 18.3. The van der Waals surface area contributed by atoms with E-state index in [1.807, 2.05) is 29.2 Å². The van der Waals surface area contributed by atoms with E-state index < -0.39 is 5.92 Å². The number of carbonyl (C=O) groups is 1. The lowest BCUT2D eigenvalue weighted by atomic mass is 9.74. The molecule has 0 saturated heterocycles. The van der Waals surface area contributed by atoms with Crippen molar-refractivity contribution < 1.29 is 4.79 Å². The fourth-order valence-electron chi connectivity index (χ4n) is 5.49. The summed E-state index contributed by atoms with van der Waals surface area (Å²) >= 11 is 5.35. The zero-order valence-corrected chi connectivity index (χ0v) is 24.2. The number of halogens is 1. The molecule has 1 aliphatic carbocycles. The fraction of sp³-hybridized carbons (Fsp3) is 0.250. The molecule has 1 atom stereocenters. The zero-order valence-electron chi connectivity index (χ0n) is 21.8. The van der Waals surface area contributed by atoms with Crippen molar-refractivity contribution in [3.8, 4) is 6.07 Å². The van der Waals surface area contributed by atoms with Crippen molar-refractivity contribution >= 4 is 39.2 Å². The molecule has 2 aliphatic rings. The van der Waals surface area contributed by atoms with Gasteiger partial charge in [-0.25, -0.2) is 0 Å². The Kier molecular flexibility index (Phi) is 7.52. The van der Waals surface area contributed by atoms with E-state index >= 15 is 0 Å². The molecule has 38 heavy (non-hydrogen) atoms. The van der Waals surface area contributed by atoms with Crippen LogP contribution in [0.4, 0.5) is 5.69 Å². The van der Waals surface area contributed by atoms with Gasteiger partial charge in [-0.1, -0.05) is 51.8 Å². The van der Waals surface area contributed by atoms with E-state index in [0.29, 0.717) is 23.4 Å². The van der Waals surface area contributed by atoms with E-state index in [4.69, 9.17) is 5.73 Å². The van der Waals surface area contributed by atoms with E-state index in [2.05, 4.69) is 79.2 Å². The van der Waals surface area contributed by atoms with Crippen molar-refractivity contribution in [3.05, 3.63) is 116 Å². The Balaban J connectivity index is 1.62. The highest BCUT2D eigenvalue weighted by Crippen LogP contribution is 2.47. The van der Waals surface area contributed by atoms with Gasteiger partial charge in [-0.3, -0.25) is 9.69 Å². The Morgan fingerprint density at radius 1 is 1.05 bits per heavy atom. The minimum absolute atomic E-state index is 0.104. The quantitative estimate of drug-likeness (QED) is 0.308. The summed E-state index contributed by atoms with van der Waals surface area (Å²) in [4.78, 5) is 16.7. The summed E-state index contributed by atoms with van der Waals surface area (Å²) in [7, 11) is 0. The predicted octanol–water partition coefficient (Wildman–Crippen LogP) is 7.97. The lowest BCUT2D eigenvalue weighted by molar-refractivity contribution is -0.116. The molecule has 2 N–H and O–H groups in total. The minimum Gasteiger partial charge on any atom is -0.384 e. The van der Waals surface area contributed by atoms with Gasteiger partial charge in [0.05, 0.1) is 17.6 Å². The highest BCUT2D eigenvalue weighted by Gasteiger charge is 2.41. The lowest BCUT2D eigenvalue weighted by Crippen LogP contribution is -2.38. The topological polar surface area (TPSA) is 70.1 Å². The third-order valence-corrected chi connectivity index (χ3v) is 8.98. The molecule has 0 bridgehead atoms. The number of ketones is 1. The van der Waals surface area contributed by atoms with Gasteiger partial charge in [-0.2, -0.15) is 5.26 Å². The molecule has 3 aromatic rings. The van der Waals surface area contributed by atoms with Gasteiger partial charge in [0.15, 0.2) is 5.78 Å². The van der Waals surface area contributed by atoms with Crippen LogP contribution >= 0.6 is 27.7 Å². The number of carbonyl (C=O) groups excluding carboxylic acids is 1. The molecule has 4 nitrogen and oxygen atoms in total. The van der Waals surface area contributed by atoms with Crippen molar-refractivity contribution in [2.75, 3.05) is 4.90 Å². The molecule has 0 radical (unpaired) electrons. The Labute approximate surface area is 237 Å². The molecule has 1 aliphatic heterocycles. The molecule has 1 unspecified atom stereocenters. The molecular formula is C32H30BrN3OS. The summed E-state index contributed by atoms with van der Waals surface area (Å²) in [6, 6.07) is 23.2. The zero-order chi connectivity index (χ0) is 27.0. The Morgan fingerprint density at radius 2 is 1.82 bits per heavy atom. The number of aryl methyl sites for hydroxylation is 3. The number of hydrogen-bond acceptors (Lipinski definition) is 5. The van der Waals surface area contributed by atoms with Crippen molar-refractivity contribution in [3.63, 3.8) is 0 Å². The predicted molar refractivity (Wildman–Crippen MR) is 159 cm³/mol. The van der Waals surface area contributed by atoms with E-state index in [1.165, 1.54) is 21.6 Å². The Bertz CT molecular complexity index is 1530. The van der Waals surface area contributed by atoms with Crippen molar-refractivity contribution in [2.45, 2.75) is 56.6 Å². The molecule has 0 fully saturated rings. The highest BCUT2D eigenvalue weighted by molar-refractivity contribution is 9.10. The second-order valence-corrected chi connectivity index (χ2v) is 12.0. The highest BCUT2D eigenvalue weighted by atomic mass is 79.9.